The fourth-order valence-corrected chi connectivity index (χ4v) is 0.452. The van der Waals surface area contributed by atoms with Crippen LogP contribution in [-0.4, -0.2) is 12.1 Å². The Labute approximate surface area is 68.0 Å². The minimum absolute atomic E-state index is 0.155. The fraction of sp³-hybridized carbons (Fsp3) is 0.556. The van der Waals surface area contributed by atoms with Gasteiger partial charge in [0.15, 0.2) is 0 Å². The van der Waals surface area contributed by atoms with Crippen molar-refractivity contribution >= 4 is 12.1 Å². The number of hydrogen-bond acceptors (Lipinski definition) is 1. The molecule has 0 radical (unpaired) electrons. The lowest BCUT2D eigenvalue weighted by molar-refractivity contribution is -0.115. The fourth-order valence-electron chi connectivity index (χ4n) is 0.452. The van der Waals surface area contributed by atoms with Gasteiger partial charge in [-0.15, -0.1) is 0 Å². The lowest BCUT2D eigenvalue weighted by Crippen LogP contribution is -1.89. The average Bonchev–Trinajstić information content (AvgIpc) is 1.86. The van der Waals surface area contributed by atoms with Gasteiger partial charge in [0.25, 0.3) is 0 Å². The van der Waals surface area contributed by atoms with Crippen LogP contribution in [0.5, 0.6) is 0 Å². The summed E-state index contributed by atoms with van der Waals surface area (Å²) in [4.78, 5) is 14.0. The lowest BCUT2D eigenvalue weighted by Gasteiger charge is -2.00. The summed E-state index contributed by atoms with van der Waals surface area (Å²) < 4.78 is 0. The largest absolute Gasteiger partial charge is 0.273 e. The van der Waals surface area contributed by atoms with E-state index in [9.17, 15) is 4.79 Å². The highest BCUT2D eigenvalue weighted by atomic mass is 16.1. The van der Waals surface area contributed by atoms with Gasteiger partial charge < -0.3 is 0 Å². The quantitative estimate of drug-likeness (QED) is 0.559. The van der Waals surface area contributed by atoms with Crippen molar-refractivity contribution in [3.8, 4) is 0 Å². The maximum absolute atomic E-state index is 10.4. The molecule has 1 amide bonds. The molecule has 0 spiro atoms. The summed E-state index contributed by atoms with van der Waals surface area (Å²) in [6, 6.07) is 0. The normalized spacial score (nSPS) is 13.0. The zero-order valence-electron chi connectivity index (χ0n) is 7.59. The van der Waals surface area contributed by atoms with Gasteiger partial charge in [0.1, 0.15) is 0 Å². The number of aliphatic imine (C=N–C) groups is 1. The highest BCUT2D eigenvalue weighted by molar-refractivity contribution is 5.87. The summed E-state index contributed by atoms with van der Waals surface area (Å²) >= 11 is 0. The maximum atomic E-state index is 10.4. The summed E-state index contributed by atoms with van der Waals surface area (Å²) in [7, 11) is 0. The van der Waals surface area contributed by atoms with Crippen molar-refractivity contribution in [1.82, 2.24) is 0 Å². The molecular weight excluding hydrogens is 138 g/mol. The molecule has 0 heterocycles. The molecule has 0 atom stereocenters. The number of carbonyl (C=O) groups is 1. The van der Waals surface area contributed by atoms with E-state index in [-0.39, 0.29) is 5.91 Å². The zero-order valence-corrected chi connectivity index (χ0v) is 7.59. The Morgan fingerprint density at radius 2 is 1.91 bits per heavy atom. The molecule has 0 aromatic carbocycles. The molecule has 0 saturated heterocycles. The van der Waals surface area contributed by atoms with Crippen LogP contribution in [0, 0.1) is 5.92 Å². The molecule has 0 bridgehead atoms. The highest BCUT2D eigenvalue weighted by Gasteiger charge is 1.92. The molecule has 11 heavy (non-hydrogen) atoms. The van der Waals surface area contributed by atoms with Crippen LogP contribution in [0.25, 0.3) is 0 Å². The molecule has 0 aliphatic rings. The van der Waals surface area contributed by atoms with E-state index in [1.807, 2.05) is 13.0 Å². The van der Waals surface area contributed by atoms with Gasteiger partial charge in [-0.25, -0.2) is 4.99 Å². The molecule has 0 aromatic rings. The summed E-state index contributed by atoms with van der Waals surface area (Å²) in [5, 5.41) is 0. The number of hydrogen-bond donors (Lipinski definition) is 0. The van der Waals surface area contributed by atoms with Crippen molar-refractivity contribution in [3.63, 3.8) is 0 Å². The lowest BCUT2D eigenvalue weighted by atomic mass is 10.1. The number of carbonyl (C=O) groups excluding carboxylic acids is 1. The van der Waals surface area contributed by atoms with E-state index in [1.54, 1.807) is 6.21 Å². The smallest absolute Gasteiger partial charge is 0.242 e. The van der Waals surface area contributed by atoms with Crippen LogP contribution in [0.2, 0.25) is 0 Å². The molecule has 0 aliphatic carbocycles. The molecule has 62 valence electrons. The van der Waals surface area contributed by atoms with Crippen LogP contribution in [-0.2, 0) is 4.79 Å². The second-order valence-electron chi connectivity index (χ2n) is 2.86. The Balaban J connectivity index is 4.01. The van der Waals surface area contributed by atoms with Crippen LogP contribution < -0.4 is 0 Å². The first-order chi connectivity index (χ1) is 5.04. The molecule has 0 saturated carbocycles. The first kappa shape index (κ1) is 10.1. The SMILES string of the molecule is CC(=O)/N=C\C=C(/C)C(C)C. The number of rotatable bonds is 2. The van der Waals surface area contributed by atoms with Gasteiger partial charge in [-0.3, -0.25) is 4.79 Å². The Hall–Kier alpha value is -0.920. The molecule has 0 aliphatic heterocycles. The van der Waals surface area contributed by atoms with Gasteiger partial charge in [-0.05, 0) is 18.9 Å². The van der Waals surface area contributed by atoms with E-state index in [4.69, 9.17) is 0 Å². The van der Waals surface area contributed by atoms with Gasteiger partial charge in [0.2, 0.25) is 5.91 Å². The Bertz CT molecular complexity index is 190. The van der Waals surface area contributed by atoms with Crippen LogP contribution in [0.15, 0.2) is 16.6 Å². The third-order valence-electron chi connectivity index (χ3n) is 1.50. The van der Waals surface area contributed by atoms with Crippen molar-refractivity contribution in [1.29, 1.82) is 0 Å². The summed E-state index contributed by atoms with van der Waals surface area (Å²) in [5.74, 6) is 0.367. The summed E-state index contributed by atoms with van der Waals surface area (Å²) in [5.41, 5.74) is 1.23. The van der Waals surface area contributed by atoms with Crippen LogP contribution in [0.1, 0.15) is 27.7 Å². The summed E-state index contributed by atoms with van der Waals surface area (Å²) in [6.07, 6.45) is 3.42. The van der Waals surface area contributed by atoms with Gasteiger partial charge in [-0.2, -0.15) is 0 Å². The first-order valence-corrected chi connectivity index (χ1v) is 3.75. The predicted molar refractivity (Wildman–Crippen MR) is 47.8 cm³/mol. The molecule has 0 fully saturated rings. The monoisotopic (exact) mass is 153 g/mol. The Morgan fingerprint density at radius 3 is 2.27 bits per heavy atom. The third-order valence-corrected chi connectivity index (χ3v) is 1.50. The molecule has 0 unspecified atom stereocenters. The molecule has 0 N–H and O–H groups in total. The van der Waals surface area contributed by atoms with Crippen LogP contribution in [0.4, 0.5) is 0 Å². The van der Waals surface area contributed by atoms with Gasteiger partial charge >= 0.3 is 0 Å². The van der Waals surface area contributed by atoms with E-state index < -0.39 is 0 Å². The topological polar surface area (TPSA) is 29.4 Å². The third kappa shape index (κ3) is 5.52. The molecule has 0 aromatic heterocycles. The summed E-state index contributed by atoms with van der Waals surface area (Å²) in [6.45, 7) is 7.67. The van der Waals surface area contributed by atoms with E-state index in [0.717, 1.165) is 0 Å². The van der Waals surface area contributed by atoms with E-state index in [0.29, 0.717) is 5.92 Å². The van der Waals surface area contributed by atoms with E-state index >= 15 is 0 Å². The van der Waals surface area contributed by atoms with Crippen molar-refractivity contribution in [2.75, 3.05) is 0 Å². The minimum atomic E-state index is -0.155. The molecular formula is C9H15NO. The van der Waals surface area contributed by atoms with Crippen molar-refractivity contribution in [2.45, 2.75) is 27.7 Å². The highest BCUT2D eigenvalue weighted by Crippen LogP contribution is 2.05. The maximum Gasteiger partial charge on any atom is 0.242 e. The average molecular weight is 153 g/mol. The van der Waals surface area contributed by atoms with Crippen LogP contribution >= 0.6 is 0 Å². The first-order valence-electron chi connectivity index (χ1n) is 3.75. The van der Waals surface area contributed by atoms with Crippen molar-refractivity contribution < 1.29 is 4.79 Å². The Morgan fingerprint density at radius 1 is 1.36 bits per heavy atom. The van der Waals surface area contributed by atoms with Gasteiger partial charge in [0.05, 0.1) is 0 Å². The van der Waals surface area contributed by atoms with Crippen molar-refractivity contribution in [2.24, 2.45) is 10.9 Å². The van der Waals surface area contributed by atoms with E-state index in [1.165, 1.54) is 12.5 Å². The molecule has 2 nitrogen and oxygen atoms in total. The number of amides is 1. The second kappa shape index (κ2) is 4.83. The van der Waals surface area contributed by atoms with Crippen LogP contribution in [0.3, 0.4) is 0 Å². The van der Waals surface area contributed by atoms with E-state index in [2.05, 4.69) is 18.8 Å². The van der Waals surface area contributed by atoms with Crippen molar-refractivity contribution in [3.05, 3.63) is 11.6 Å². The molecule has 0 rings (SSSR count). The molecule has 2 heteroatoms. The predicted octanol–water partition coefficient (Wildman–Crippen LogP) is 2.21. The number of nitrogens with zero attached hydrogens (tertiary/aromatic N) is 1. The standard InChI is InChI=1S/C9H15NO/c1-7(2)8(3)5-6-10-9(4)11/h5-7H,1-4H3/b8-5+,10-6-. The Kier molecular flexibility index (Phi) is 4.42. The van der Waals surface area contributed by atoms with Gasteiger partial charge in [0, 0.05) is 13.1 Å². The number of allylic oxidation sites excluding steroid dienone is 2. The second-order valence-corrected chi connectivity index (χ2v) is 2.86. The van der Waals surface area contributed by atoms with Gasteiger partial charge in [-0.1, -0.05) is 19.4 Å². The minimum Gasteiger partial charge on any atom is -0.273 e. The zero-order chi connectivity index (χ0) is 8.85.